The molecular formula is C15H25N. The van der Waals surface area contributed by atoms with Gasteiger partial charge in [-0.1, -0.05) is 38.3 Å². The van der Waals surface area contributed by atoms with E-state index >= 15 is 0 Å². The number of fused-ring (bicyclic) bond motifs is 5. The van der Waals surface area contributed by atoms with Crippen LogP contribution in [0.3, 0.4) is 0 Å². The van der Waals surface area contributed by atoms with E-state index in [-0.39, 0.29) is 0 Å². The fourth-order valence-electron chi connectivity index (χ4n) is 4.18. The van der Waals surface area contributed by atoms with Crippen molar-refractivity contribution in [3.8, 4) is 0 Å². The summed E-state index contributed by atoms with van der Waals surface area (Å²) < 4.78 is 0. The third-order valence-corrected chi connectivity index (χ3v) is 5.07. The van der Waals surface area contributed by atoms with E-state index in [1.807, 2.05) is 0 Å². The lowest BCUT2D eigenvalue weighted by atomic mass is 9.86. The Morgan fingerprint density at radius 3 is 2.31 bits per heavy atom. The zero-order chi connectivity index (χ0) is 11.0. The number of allylic oxidation sites excluding steroid dienone is 2. The molecule has 0 spiro atoms. The Hall–Kier alpha value is -0.300. The fourth-order valence-corrected chi connectivity index (χ4v) is 4.18. The lowest BCUT2D eigenvalue weighted by Crippen LogP contribution is -2.24. The van der Waals surface area contributed by atoms with Gasteiger partial charge >= 0.3 is 0 Å². The van der Waals surface area contributed by atoms with Crippen molar-refractivity contribution < 1.29 is 0 Å². The van der Waals surface area contributed by atoms with Gasteiger partial charge in [0.15, 0.2) is 0 Å². The average molecular weight is 219 g/mol. The van der Waals surface area contributed by atoms with Gasteiger partial charge in [0, 0.05) is 13.1 Å². The van der Waals surface area contributed by atoms with Crippen molar-refractivity contribution >= 4 is 0 Å². The smallest absolute Gasteiger partial charge is 0.00188 e. The van der Waals surface area contributed by atoms with E-state index in [9.17, 15) is 0 Å². The lowest BCUT2D eigenvalue weighted by Gasteiger charge is -2.17. The van der Waals surface area contributed by atoms with Crippen LogP contribution in [0.4, 0.5) is 0 Å². The van der Waals surface area contributed by atoms with E-state index in [1.165, 1.54) is 51.7 Å². The van der Waals surface area contributed by atoms with Crippen molar-refractivity contribution in [2.75, 3.05) is 19.6 Å². The second-order valence-corrected chi connectivity index (χ2v) is 6.10. The van der Waals surface area contributed by atoms with Gasteiger partial charge in [0.25, 0.3) is 0 Å². The highest BCUT2D eigenvalue weighted by Crippen LogP contribution is 2.51. The van der Waals surface area contributed by atoms with Crippen LogP contribution in [0.2, 0.25) is 0 Å². The van der Waals surface area contributed by atoms with Gasteiger partial charge in [-0.05, 0) is 43.1 Å². The molecule has 3 aliphatic rings. The summed E-state index contributed by atoms with van der Waals surface area (Å²) in [5.74, 6) is 3.97. The summed E-state index contributed by atoms with van der Waals surface area (Å²) in [7, 11) is 0. The van der Waals surface area contributed by atoms with Crippen molar-refractivity contribution in [2.45, 2.75) is 39.0 Å². The molecule has 2 aliphatic carbocycles. The van der Waals surface area contributed by atoms with Gasteiger partial charge in [0.1, 0.15) is 0 Å². The summed E-state index contributed by atoms with van der Waals surface area (Å²) >= 11 is 0. The third kappa shape index (κ3) is 1.84. The highest BCUT2D eigenvalue weighted by atomic mass is 15.2. The third-order valence-electron chi connectivity index (χ3n) is 5.07. The van der Waals surface area contributed by atoms with E-state index in [1.54, 1.807) is 0 Å². The number of likely N-dealkylation sites (tertiary alicyclic amines) is 1. The van der Waals surface area contributed by atoms with Gasteiger partial charge < -0.3 is 4.90 Å². The first-order valence-corrected chi connectivity index (χ1v) is 7.29. The van der Waals surface area contributed by atoms with Crippen LogP contribution in [0.1, 0.15) is 39.0 Å². The molecule has 0 aromatic heterocycles. The summed E-state index contributed by atoms with van der Waals surface area (Å²) in [5.41, 5.74) is 0. The number of nitrogens with zero attached hydrogens (tertiary/aromatic N) is 1. The van der Waals surface area contributed by atoms with Gasteiger partial charge in [-0.15, -0.1) is 0 Å². The zero-order valence-electron chi connectivity index (χ0n) is 10.6. The first kappa shape index (κ1) is 10.8. The largest absolute Gasteiger partial charge is 0.303 e. The SMILES string of the molecule is CCCCCCN1C[C@@H]2[C@H](C1)[C@@H]1C=C[C@H]2C1. The summed E-state index contributed by atoms with van der Waals surface area (Å²) in [4.78, 5) is 2.75. The highest BCUT2D eigenvalue weighted by molar-refractivity contribution is 5.16. The Morgan fingerprint density at radius 2 is 1.69 bits per heavy atom. The predicted molar refractivity (Wildman–Crippen MR) is 68.3 cm³/mol. The van der Waals surface area contributed by atoms with Crippen molar-refractivity contribution in [2.24, 2.45) is 23.7 Å². The van der Waals surface area contributed by atoms with Crippen LogP contribution in [0.15, 0.2) is 12.2 Å². The molecule has 0 radical (unpaired) electrons. The first-order valence-electron chi connectivity index (χ1n) is 7.29. The molecule has 4 atom stereocenters. The maximum Gasteiger partial charge on any atom is 0.00188 e. The molecule has 0 aromatic rings. The molecule has 0 amide bonds. The minimum Gasteiger partial charge on any atom is -0.303 e. The molecule has 0 unspecified atom stereocenters. The summed E-state index contributed by atoms with van der Waals surface area (Å²) in [6, 6.07) is 0. The minimum absolute atomic E-state index is 0.954. The zero-order valence-corrected chi connectivity index (χ0v) is 10.6. The topological polar surface area (TPSA) is 3.24 Å². The molecule has 2 bridgehead atoms. The average Bonchev–Trinajstić information content (AvgIpc) is 2.95. The lowest BCUT2D eigenvalue weighted by molar-refractivity contribution is 0.291. The Balaban J connectivity index is 1.45. The molecule has 90 valence electrons. The van der Waals surface area contributed by atoms with Crippen LogP contribution in [0, 0.1) is 23.7 Å². The van der Waals surface area contributed by atoms with E-state index in [4.69, 9.17) is 0 Å². The number of hydrogen-bond donors (Lipinski definition) is 0. The molecule has 1 saturated carbocycles. The quantitative estimate of drug-likeness (QED) is 0.506. The van der Waals surface area contributed by atoms with Crippen LogP contribution in [-0.2, 0) is 0 Å². The fraction of sp³-hybridized carbons (Fsp3) is 0.867. The number of hydrogen-bond acceptors (Lipinski definition) is 1. The Morgan fingerprint density at radius 1 is 1.00 bits per heavy atom. The monoisotopic (exact) mass is 219 g/mol. The molecule has 16 heavy (non-hydrogen) atoms. The standard InChI is InChI=1S/C15H25N/c1-2-3-4-5-8-16-10-14-12-6-7-13(9-12)15(14)11-16/h6-7,12-15H,2-5,8-11H2,1H3/t12-,13+,14-,15+. The van der Waals surface area contributed by atoms with Crippen LogP contribution >= 0.6 is 0 Å². The molecule has 1 saturated heterocycles. The van der Waals surface area contributed by atoms with Gasteiger partial charge in [-0.25, -0.2) is 0 Å². The van der Waals surface area contributed by atoms with Crippen LogP contribution in [0.25, 0.3) is 0 Å². The number of rotatable bonds is 5. The molecule has 2 fully saturated rings. The van der Waals surface area contributed by atoms with E-state index in [2.05, 4.69) is 24.0 Å². The molecule has 1 aliphatic heterocycles. The van der Waals surface area contributed by atoms with Gasteiger partial charge in [-0.3, -0.25) is 0 Å². The Kier molecular flexibility index (Phi) is 3.06. The van der Waals surface area contributed by atoms with Crippen LogP contribution in [-0.4, -0.2) is 24.5 Å². The minimum atomic E-state index is 0.954. The van der Waals surface area contributed by atoms with Gasteiger partial charge in [0.2, 0.25) is 0 Å². The summed E-state index contributed by atoms with van der Waals surface area (Å²) in [5, 5.41) is 0. The summed E-state index contributed by atoms with van der Waals surface area (Å²) in [6.07, 6.45) is 12.1. The molecule has 0 aromatic carbocycles. The van der Waals surface area contributed by atoms with Crippen molar-refractivity contribution in [3.63, 3.8) is 0 Å². The predicted octanol–water partition coefficient (Wildman–Crippen LogP) is 3.32. The molecule has 1 heteroatoms. The van der Waals surface area contributed by atoms with E-state index < -0.39 is 0 Å². The van der Waals surface area contributed by atoms with E-state index in [0.717, 1.165) is 23.7 Å². The van der Waals surface area contributed by atoms with Gasteiger partial charge in [-0.2, -0.15) is 0 Å². The normalized spacial score (nSPS) is 40.8. The molecule has 0 N–H and O–H groups in total. The second-order valence-electron chi connectivity index (χ2n) is 6.10. The number of unbranched alkanes of at least 4 members (excludes halogenated alkanes) is 3. The highest BCUT2D eigenvalue weighted by Gasteiger charge is 2.48. The summed E-state index contributed by atoms with van der Waals surface area (Å²) in [6.45, 7) is 6.47. The molecule has 1 nitrogen and oxygen atoms in total. The molecule has 3 rings (SSSR count). The van der Waals surface area contributed by atoms with Gasteiger partial charge in [0.05, 0.1) is 0 Å². The first-order chi connectivity index (χ1) is 7.88. The Labute approximate surface area is 99.9 Å². The van der Waals surface area contributed by atoms with E-state index in [0.29, 0.717) is 0 Å². The van der Waals surface area contributed by atoms with Crippen LogP contribution in [0.5, 0.6) is 0 Å². The Bertz CT molecular complexity index is 251. The van der Waals surface area contributed by atoms with Crippen molar-refractivity contribution in [1.82, 2.24) is 4.90 Å². The van der Waals surface area contributed by atoms with Crippen molar-refractivity contribution in [3.05, 3.63) is 12.2 Å². The molecular weight excluding hydrogens is 194 g/mol. The maximum absolute atomic E-state index is 2.75. The maximum atomic E-state index is 2.75. The van der Waals surface area contributed by atoms with Crippen molar-refractivity contribution in [1.29, 1.82) is 0 Å². The second kappa shape index (κ2) is 4.52. The van der Waals surface area contributed by atoms with Crippen LogP contribution < -0.4 is 0 Å². The molecule has 1 heterocycles.